The number of methoxy groups -OCH3 is 1. The Kier molecular flexibility index (Phi) is 5.97. The summed E-state index contributed by atoms with van der Waals surface area (Å²) in [6, 6.07) is 2.14. The SMILES string of the molecule is CCOC(=O)CC(B1OC(C)(C)C(C)(C)O1)c1c(F)cc(OC)cc1F. The Hall–Kier alpha value is -1.67. The highest BCUT2D eigenvalue weighted by molar-refractivity contribution is 6.48. The van der Waals surface area contributed by atoms with Crippen molar-refractivity contribution in [3.05, 3.63) is 29.3 Å². The Balaban J connectivity index is 2.45. The molecule has 1 aromatic rings. The molecule has 26 heavy (non-hydrogen) atoms. The van der Waals surface area contributed by atoms with E-state index in [1.54, 1.807) is 6.92 Å². The largest absolute Gasteiger partial charge is 0.497 e. The van der Waals surface area contributed by atoms with Gasteiger partial charge in [-0.25, -0.2) is 8.78 Å². The van der Waals surface area contributed by atoms with Crippen molar-refractivity contribution in [3.63, 3.8) is 0 Å². The zero-order chi connectivity index (χ0) is 19.7. The van der Waals surface area contributed by atoms with Crippen LogP contribution in [0, 0.1) is 11.6 Å². The minimum Gasteiger partial charge on any atom is -0.497 e. The molecule has 1 aliphatic heterocycles. The van der Waals surface area contributed by atoms with Gasteiger partial charge in [-0.1, -0.05) is 0 Å². The number of carbonyl (C=O) groups excluding carboxylic acids is 1. The molecular formula is C18H25BF2O5. The molecule has 144 valence electrons. The molecule has 0 bridgehead atoms. The zero-order valence-electron chi connectivity index (χ0n) is 16.0. The van der Waals surface area contributed by atoms with Gasteiger partial charge in [-0.3, -0.25) is 4.79 Å². The lowest BCUT2D eigenvalue weighted by Crippen LogP contribution is -2.41. The van der Waals surface area contributed by atoms with Gasteiger partial charge in [0.05, 0.1) is 31.3 Å². The first-order valence-electron chi connectivity index (χ1n) is 8.56. The summed E-state index contributed by atoms with van der Waals surface area (Å²) >= 11 is 0. The number of hydrogen-bond donors (Lipinski definition) is 0. The van der Waals surface area contributed by atoms with Crippen molar-refractivity contribution in [3.8, 4) is 5.75 Å². The fourth-order valence-corrected chi connectivity index (χ4v) is 2.82. The molecule has 1 saturated heterocycles. The monoisotopic (exact) mass is 370 g/mol. The minimum atomic E-state index is -0.999. The van der Waals surface area contributed by atoms with Crippen molar-refractivity contribution in [1.29, 1.82) is 0 Å². The standard InChI is InChI=1S/C18H25BF2O5/c1-7-24-15(22)10-12(19-25-17(2,3)18(4,5)26-19)16-13(20)8-11(23-6)9-14(16)21/h8-9,12H,7,10H2,1-6H3. The third kappa shape index (κ3) is 4.01. The van der Waals surface area contributed by atoms with Crippen molar-refractivity contribution >= 4 is 13.1 Å². The number of ether oxygens (including phenoxy) is 2. The first-order valence-corrected chi connectivity index (χ1v) is 8.56. The molecular weight excluding hydrogens is 345 g/mol. The lowest BCUT2D eigenvalue weighted by Gasteiger charge is -2.32. The molecule has 0 amide bonds. The van der Waals surface area contributed by atoms with Gasteiger partial charge in [0.1, 0.15) is 17.4 Å². The van der Waals surface area contributed by atoms with E-state index in [0.29, 0.717) is 0 Å². The fourth-order valence-electron chi connectivity index (χ4n) is 2.82. The first kappa shape index (κ1) is 20.6. The molecule has 1 heterocycles. The van der Waals surface area contributed by atoms with Crippen LogP contribution in [0.15, 0.2) is 12.1 Å². The van der Waals surface area contributed by atoms with Gasteiger partial charge in [0, 0.05) is 23.5 Å². The molecule has 5 nitrogen and oxygen atoms in total. The molecule has 1 aliphatic rings. The van der Waals surface area contributed by atoms with Gasteiger partial charge in [0.25, 0.3) is 0 Å². The van der Waals surface area contributed by atoms with Gasteiger partial charge >= 0.3 is 13.1 Å². The number of benzene rings is 1. The molecule has 1 atom stereocenters. The number of esters is 1. The van der Waals surface area contributed by atoms with Crippen LogP contribution in [0.25, 0.3) is 0 Å². The predicted octanol–water partition coefficient (Wildman–Crippen LogP) is 3.64. The van der Waals surface area contributed by atoms with Crippen LogP contribution in [0.4, 0.5) is 8.78 Å². The van der Waals surface area contributed by atoms with Gasteiger partial charge in [-0.05, 0) is 34.6 Å². The molecule has 1 aromatic carbocycles. The van der Waals surface area contributed by atoms with Gasteiger partial charge < -0.3 is 18.8 Å². The highest BCUT2D eigenvalue weighted by Crippen LogP contribution is 2.43. The Labute approximate surface area is 153 Å². The van der Waals surface area contributed by atoms with Crippen molar-refractivity contribution in [2.75, 3.05) is 13.7 Å². The van der Waals surface area contributed by atoms with E-state index in [2.05, 4.69) is 0 Å². The van der Waals surface area contributed by atoms with Crippen molar-refractivity contribution in [1.82, 2.24) is 0 Å². The summed E-state index contributed by atoms with van der Waals surface area (Å²) in [7, 11) is 0.319. The number of carbonyl (C=O) groups is 1. The van der Waals surface area contributed by atoms with Crippen LogP contribution in [0.2, 0.25) is 0 Å². The first-order chi connectivity index (χ1) is 12.0. The van der Waals surface area contributed by atoms with Crippen molar-refractivity contribution in [2.45, 2.75) is 58.1 Å². The summed E-state index contributed by atoms with van der Waals surface area (Å²) in [6.45, 7) is 9.15. The quantitative estimate of drug-likeness (QED) is 0.565. The molecule has 1 unspecified atom stereocenters. The lowest BCUT2D eigenvalue weighted by molar-refractivity contribution is -0.143. The summed E-state index contributed by atoms with van der Waals surface area (Å²) in [5.41, 5.74) is -1.69. The van der Waals surface area contributed by atoms with Crippen LogP contribution >= 0.6 is 0 Å². The third-order valence-corrected chi connectivity index (χ3v) is 4.95. The van der Waals surface area contributed by atoms with Crippen LogP contribution in [-0.4, -0.2) is 38.0 Å². The molecule has 1 fully saturated rings. The summed E-state index contributed by atoms with van der Waals surface area (Å²) < 4.78 is 51.0. The smallest absolute Gasteiger partial charge is 0.466 e. The molecule has 0 radical (unpaired) electrons. The van der Waals surface area contributed by atoms with E-state index in [1.165, 1.54) is 7.11 Å². The Morgan fingerprint density at radius 3 is 2.08 bits per heavy atom. The predicted molar refractivity (Wildman–Crippen MR) is 93.0 cm³/mol. The van der Waals surface area contributed by atoms with E-state index < -0.39 is 41.7 Å². The highest BCUT2D eigenvalue weighted by atomic mass is 19.1. The second-order valence-corrected chi connectivity index (χ2v) is 7.25. The second kappa shape index (κ2) is 7.52. The van der Waals surface area contributed by atoms with E-state index in [1.807, 2.05) is 27.7 Å². The van der Waals surface area contributed by atoms with E-state index in [-0.39, 0.29) is 24.3 Å². The average molecular weight is 370 g/mol. The average Bonchev–Trinajstić information content (AvgIpc) is 2.73. The highest BCUT2D eigenvalue weighted by Gasteiger charge is 2.55. The van der Waals surface area contributed by atoms with Crippen molar-refractivity contribution < 1.29 is 32.4 Å². The molecule has 0 N–H and O–H groups in total. The van der Waals surface area contributed by atoms with Gasteiger partial charge in [0.2, 0.25) is 0 Å². The molecule has 0 aliphatic carbocycles. The summed E-state index contributed by atoms with van der Waals surface area (Å²) in [5.74, 6) is -3.19. The lowest BCUT2D eigenvalue weighted by atomic mass is 9.66. The minimum absolute atomic E-state index is 0.0487. The van der Waals surface area contributed by atoms with Crippen LogP contribution in [0.3, 0.4) is 0 Å². The van der Waals surface area contributed by atoms with Crippen molar-refractivity contribution in [2.24, 2.45) is 0 Å². The molecule has 2 rings (SSSR count). The molecule has 0 spiro atoms. The molecule has 0 aromatic heterocycles. The van der Waals surface area contributed by atoms with E-state index in [0.717, 1.165) is 12.1 Å². The number of hydrogen-bond acceptors (Lipinski definition) is 5. The number of halogens is 2. The van der Waals surface area contributed by atoms with Gasteiger partial charge in [-0.2, -0.15) is 0 Å². The maximum atomic E-state index is 14.6. The zero-order valence-corrected chi connectivity index (χ0v) is 16.0. The van der Waals surface area contributed by atoms with E-state index in [9.17, 15) is 13.6 Å². The molecule has 0 saturated carbocycles. The maximum Gasteiger partial charge on any atom is 0.466 e. The Morgan fingerprint density at radius 2 is 1.65 bits per heavy atom. The summed E-state index contributed by atoms with van der Waals surface area (Å²) in [5, 5.41) is 0. The Bertz CT molecular complexity index is 639. The summed E-state index contributed by atoms with van der Waals surface area (Å²) in [6.07, 6.45) is -0.273. The Morgan fingerprint density at radius 1 is 1.15 bits per heavy atom. The van der Waals surface area contributed by atoms with E-state index >= 15 is 0 Å². The van der Waals surface area contributed by atoms with Crippen LogP contribution in [0.5, 0.6) is 5.75 Å². The molecule has 8 heteroatoms. The number of rotatable bonds is 6. The van der Waals surface area contributed by atoms with E-state index in [4.69, 9.17) is 18.8 Å². The topological polar surface area (TPSA) is 54.0 Å². The van der Waals surface area contributed by atoms with Crippen LogP contribution in [-0.2, 0) is 18.8 Å². The van der Waals surface area contributed by atoms with Gasteiger partial charge in [0.15, 0.2) is 0 Å². The third-order valence-electron chi connectivity index (χ3n) is 4.95. The van der Waals surface area contributed by atoms with Gasteiger partial charge in [-0.15, -0.1) is 0 Å². The normalized spacial score (nSPS) is 19.3. The van der Waals surface area contributed by atoms with Crippen LogP contribution in [0.1, 0.15) is 52.4 Å². The summed E-state index contributed by atoms with van der Waals surface area (Å²) in [4.78, 5) is 12.0. The fraction of sp³-hybridized carbons (Fsp3) is 0.611. The maximum absolute atomic E-state index is 14.6. The van der Waals surface area contributed by atoms with Crippen LogP contribution < -0.4 is 4.74 Å². The second-order valence-electron chi connectivity index (χ2n) is 7.25.